The minimum absolute atomic E-state index is 0.00194. The number of nitrogens with zero attached hydrogens (tertiary/aromatic N) is 2. The molecule has 1 aromatic heterocycles. The highest BCUT2D eigenvalue weighted by Crippen LogP contribution is 2.36. The summed E-state index contributed by atoms with van der Waals surface area (Å²) in [6, 6.07) is 0.105. The Morgan fingerprint density at radius 1 is 1.32 bits per heavy atom. The Kier molecular flexibility index (Phi) is 5.45. The van der Waals surface area contributed by atoms with Gasteiger partial charge in [-0.15, -0.1) is 0 Å². The van der Waals surface area contributed by atoms with Crippen molar-refractivity contribution in [2.45, 2.75) is 45.6 Å². The van der Waals surface area contributed by atoms with Crippen molar-refractivity contribution >= 4 is 35.4 Å². The summed E-state index contributed by atoms with van der Waals surface area (Å²) in [5.41, 5.74) is 0.550. The van der Waals surface area contributed by atoms with Crippen LogP contribution in [-0.4, -0.2) is 34.7 Å². The van der Waals surface area contributed by atoms with Crippen molar-refractivity contribution < 1.29 is 9.59 Å². The van der Waals surface area contributed by atoms with Gasteiger partial charge in [0.15, 0.2) is 5.78 Å². The van der Waals surface area contributed by atoms with Crippen LogP contribution in [0, 0.1) is 5.41 Å². The van der Waals surface area contributed by atoms with Crippen LogP contribution >= 0.6 is 23.2 Å². The van der Waals surface area contributed by atoms with E-state index in [-0.39, 0.29) is 34.0 Å². The van der Waals surface area contributed by atoms with Crippen molar-refractivity contribution in [3.8, 4) is 0 Å². The number of halogens is 2. The Labute approximate surface area is 140 Å². The van der Waals surface area contributed by atoms with E-state index >= 15 is 0 Å². The SMILES string of the molecule is CC1(C)CCC(N(C=O)CC(=O)c2c(Cl)cncc2Cl)CC1. The molecule has 1 aliphatic carbocycles. The van der Waals surface area contributed by atoms with Gasteiger partial charge in [0.1, 0.15) is 0 Å². The number of pyridine rings is 1. The molecule has 1 aromatic rings. The molecular formula is C16H20Cl2N2O2. The minimum atomic E-state index is -0.255. The molecule has 22 heavy (non-hydrogen) atoms. The lowest BCUT2D eigenvalue weighted by Gasteiger charge is -2.38. The van der Waals surface area contributed by atoms with E-state index in [9.17, 15) is 9.59 Å². The van der Waals surface area contributed by atoms with Crippen LogP contribution in [-0.2, 0) is 4.79 Å². The summed E-state index contributed by atoms with van der Waals surface area (Å²) in [6.07, 6.45) is 7.45. The fourth-order valence-electron chi connectivity index (χ4n) is 2.89. The first-order chi connectivity index (χ1) is 10.3. The Morgan fingerprint density at radius 2 is 1.86 bits per heavy atom. The maximum absolute atomic E-state index is 12.4. The molecule has 1 aliphatic rings. The topological polar surface area (TPSA) is 50.3 Å². The zero-order valence-electron chi connectivity index (χ0n) is 12.8. The van der Waals surface area contributed by atoms with E-state index in [4.69, 9.17) is 23.2 Å². The van der Waals surface area contributed by atoms with Crippen LogP contribution in [0.2, 0.25) is 10.0 Å². The summed E-state index contributed by atoms with van der Waals surface area (Å²) in [5.74, 6) is -0.255. The van der Waals surface area contributed by atoms with Gasteiger partial charge in [-0.3, -0.25) is 14.6 Å². The lowest BCUT2D eigenvalue weighted by Crippen LogP contribution is -2.41. The molecule has 1 amide bonds. The second kappa shape index (κ2) is 6.97. The van der Waals surface area contributed by atoms with Gasteiger partial charge in [0, 0.05) is 18.4 Å². The zero-order valence-corrected chi connectivity index (χ0v) is 14.3. The summed E-state index contributed by atoms with van der Waals surface area (Å²) in [5, 5.41) is 0.432. The summed E-state index contributed by atoms with van der Waals surface area (Å²) in [6.45, 7) is 4.46. The van der Waals surface area contributed by atoms with Crippen molar-refractivity contribution in [2.75, 3.05) is 6.54 Å². The second-order valence-electron chi connectivity index (χ2n) is 6.57. The summed E-state index contributed by atoms with van der Waals surface area (Å²) < 4.78 is 0. The van der Waals surface area contributed by atoms with E-state index in [1.165, 1.54) is 12.4 Å². The molecule has 2 rings (SSSR count). The third-order valence-electron chi connectivity index (χ3n) is 4.37. The third kappa shape index (κ3) is 3.99. The maximum Gasteiger partial charge on any atom is 0.210 e. The Morgan fingerprint density at radius 3 is 2.36 bits per heavy atom. The van der Waals surface area contributed by atoms with Crippen molar-refractivity contribution in [2.24, 2.45) is 5.41 Å². The highest BCUT2D eigenvalue weighted by Gasteiger charge is 2.31. The van der Waals surface area contributed by atoms with E-state index in [0.717, 1.165) is 32.1 Å². The van der Waals surface area contributed by atoms with Gasteiger partial charge in [-0.25, -0.2) is 0 Å². The lowest BCUT2D eigenvalue weighted by atomic mass is 9.75. The van der Waals surface area contributed by atoms with Crippen molar-refractivity contribution in [1.82, 2.24) is 9.88 Å². The predicted octanol–water partition coefficient (Wildman–Crippen LogP) is 4.00. The van der Waals surface area contributed by atoms with Gasteiger partial charge in [0.2, 0.25) is 6.41 Å². The van der Waals surface area contributed by atoms with Gasteiger partial charge >= 0.3 is 0 Å². The summed E-state index contributed by atoms with van der Waals surface area (Å²) >= 11 is 12.0. The van der Waals surface area contributed by atoms with Crippen LogP contribution in [0.4, 0.5) is 0 Å². The van der Waals surface area contributed by atoms with Crippen LogP contribution in [0.3, 0.4) is 0 Å². The number of hydrogen-bond donors (Lipinski definition) is 0. The van der Waals surface area contributed by atoms with Crippen molar-refractivity contribution in [3.63, 3.8) is 0 Å². The maximum atomic E-state index is 12.4. The average Bonchev–Trinajstić information content (AvgIpc) is 2.45. The number of Topliss-reactive ketones (excluding diaryl/α,β-unsaturated/α-hetero) is 1. The molecule has 6 heteroatoms. The molecule has 0 radical (unpaired) electrons. The van der Waals surface area contributed by atoms with Gasteiger partial charge in [-0.2, -0.15) is 0 Å². The fraction of sp³-hybridized carbons (Fsp3) is 0.562. The predicted molar refractivity (Wildman–Crippen MR) is 87.4 cm³/mol. The molecule has 120 valence electrons. The molecular weight excluding hydrogens is 323 g/mol. The molecule has 0 bridgehead atoms. The first-order valence-corrected chi connectivity index (χ1v) is 8.13. The number of ketones is 1. The third-order valence-corrected chi connectivity index (χ3v) is 4.94. The summed E-state index contributed by atoms with van der Waals surface area (Å²) in [4.78, 5) is 29.2. The average molecular weight is 343 g/mol. The van der Waals surface area contributed by atoms with Crippen LogP contribution in [0.5, 0.6) is 0 Å². The molecule has 0 aliphatic heterocycles. The van der Waals surface area contributed by atoms with Gasteiger partial charge in [-0.1, -0.05) is 37.0 Å². The van der Waals surface area contributed by atoms with E-state index in [2.05, 4.69) is 18.8 Å². The molecule has 0 aromatic carbocycles. The number of carbonyl (C=O) groups is 2. The Balaban J connectivity index is 2.07. The number of hydrogen-bond acceptors (Lipinski definition) is 3. The highest BCUT2D eigenvalue weighted by atomic mass is 35.5. The Bertz CT molecular complexity index is 545. The van der Waals surface area contributed by atoms with Gasteiger partial charge < -0.3 is 4.90 Å². The van der Waals surface area contributed by atoms with Crippen LogP contribution in [0.15, 0.2) is 12.4 Å². The van der Waals surface area contributed by atoms with Gasteiger partial charge in [0.25, 0.3) is 0 Å². The van der Waals surface area contributed by atoms with E-state index in [0.29, 0.717) is 5.41 Å². The molecule has 1 heterocycles. The van der Waals surface area contributed by atoms with E-state index in [1.807, 2.05) is 0 Å². The monoisotopic (exact) mass is 342 g/mol. The summed E-state index contributed by atoms with van der Waals surface area (Å²) in [7, 11) is 0. The highest BCUT2D eigenvalue weighted by molar-refractivity contribution is 6.39. The normalized spacial score (nSPS) is 18.0. The number of aromatic nitrogens is 1. The van der Waals surface area contributed by atoms with Crippen LogP contribution in [0.1, 0.15) is 49.9 Å². The quantitative estimate of drug-likeness (QED) is 0.600. The smallest absolute Gasteiger partial charge is 0.210 e. The molecule has 0 unspecified atom stereocenters. The largest absolute Gasteiger partial charge is 0.335 e. The first kappa shape index (κ1) is 17.2. The first-order valence-electron chi connectivity index (χ1n) is 7.37. The molecule has 0 N–H and O–H groups in total. The molecule has 1 fully saturated rings. The van der Waals surface area contributed by atoms with Crippen molar-refractivity contribution in [3.05, 3.63) is 28.0 Å². The van der Waals surface area contributed by atoms with Gasteiger partial charge in [-0.05, 0) is 31.1 Å². The standard InChI is InChI=1S/C16H20Cl2N2O2/c1-16(2)5-3-11(4-6-16)20(10-21)9-14(22)15-12(17)7-19-8-13(15)18/h7-8,10-11H,3-6,9H2,1-2H3. The number of carbonyl (C=O) groups excluding carboxylic acids is 2. The number of amides is 1. The molecule has 0 saturated heterocycles. The van der Waals surface area contributed by atoms with E-state index < -0.39 is 0 Å². The van der Waals surface area contributed by atoms with Crippen LogP contribution < -0.4 is 0 Å². The van der Waals surface area contributed by atoms with E-state index in [1.54, 1.807) is 4.90 Å². The molecule has 1 saturated carbocycles. The fourth-order valence-corrected chi connectivity index (χ4v) is 3.47. The van der Waals surface area contributed by atoms with Crippen LogP contribution in [0.25, 0.3) is 0 Å². The Hall–Kier alpha value is -1.13. The zero-order chi connectivity index (χ0) is 16.3. The molecule has 0 spiro atoms. The van der Waals surface area contributed by atoms with Gasteiger partial charge in [0.05, 0.1) is 22.2 Å². The number of rotatable bonds is 5. The molecule has 0 atom stereocenters. The minimum Gasteiger partial charge on any atom is -0.335 e. The lowest BCUT2D eigenvalue weighted by molar-refractivity contribution is -0.120. The van der Waals surface area contributed by atoms with Crippen molar-refractivity contribution in [1.29, 1.82) is 0 Å². The second-order valence-corrected chi connectivity index (χ2v) is 7.39. The molecule has 4 nitrogen and oxygen atoms in total.